The molecule has 0 aliphatic carbocycles. The molecule has 0 heterocycles. The SMILES string of the molecule is CC[C@H](C(=O)NC)N(CCc1ccccc1)C(=O)CN(c1ccc(OC)cc1)S(=O)(=O)c1ccccc1. The van der Waals surface area contributed by atoms with Crippen LogP contribution in [0.2, 0.25) is 0 Å². The zero-order chi connectivity index (χ0) is 26.8. The van der Waals surface area contributed by atoms with E-state index in [1.54, 1.807) is 42.5 Å². The van der Waals surface area contributed by atoms with Gasteiger partial charge < -0.3 is 15.0 Å². The molecule has 0 radical (unpaired) electrons. The van der Waals surface area contributed by atoms with Crippen LogP contribution in [0.4, 0.5) is 5.69 Å². The van der Waals surface area contributed by atoms with E-state index in [2.05, 4.69) is 5.32 Å². The third kappa shape index (κ3) is 6.89. The van der Waals surface area contributed by atoms with Crippen molar-refractivity contribution in [3.63, 3.8) is 0 Å². The number of anilines is 1. The summed E-state index contributed by atoms with van der Waals surface area (Å²) in [6, 6.07) is 23.3. The summed E-state index contributed by atoms with van der Waals surface area (Å²) in [6.07, 6.45) is 0.905. The predicted molar refractivity (Wildman–Crippen MR) is 144 cm³/mol. The maximum Gasteiger partial charge on any atom is 0.264 e. The second-order valence-electron chi connectivity index (χ2n) is 8.38. The number of hydrogen-bond donors (Lipinski definition) is 1. The summed E-state index contributed by atoms with van der Waals surface area (Å²) >= 11 is 0. The van der Waals surface area contributed by atoms with Crippen molar-refractivity contribution in [1.29, 1.82) is 0 Å². The molecule has 0 saturated carbocycles. The summed E-state index contributed by atoms with van der Waals surface area (Å²) in [4.78, 5) is 28.0. The maximum absolute atomic E-state index is 13.8. The Morgan fingerprint density at radius 1 is 0.919 bits per heavy atom. The van der Waals surface area contributed by atoms with Crippen LogP contribution in [0.1, 0.15) is 18.9 Å². The van der Waals surface area contributed by atoms with Crippen LogP contribution in [-0.4, -0.2) is 58.4 Å². The zero-order valence-electron chi connectivity index (χ0n) is 21.3. The molecule has 0 fully saturated rings. The van der Waals surface area contributed by atoms with Gasteiger partial charge in [-0.2, -0.15) is 0 Å². The molecule has 0 unspecified atom stereocenters. The number of ether oxygens (including phenoxy) is 1. The highest BCUT2D eigenvalue weighted by molar-refractivity contribution is 7.92. The predicted octanol–water partition coefficient (Wildman–Crippen LogP) is 3.49. The molecular formula is C28H33N3O5S. The molecule has 0 saturated heterocycles. The van der Waals surface area contributed by atoms with E-state index in [-0.39, 0.29) is 17.3 Å². The minimum Gasteiger partial charge on any atom is -0.497 e. The van der Waals surface area contributed by atoms with E-state index in [1.807, 2.05) is 37.3 Å². The molecule has 2 amide bonds. The standard InChI is InChI=1S/C28H33N3O5S/c1-4-26(28(33)29-2)30(20-19-22-11-7-5-8-12-22)27(32)21-31(23-15-17-24(36-3)18-16-23)37(34,35)25-13-9-6-10-14-25/h5-18,26H,4,19-21H2,1-3H3,(H,29,33)/t26-/m1/s1. The second-order valence-corrected chi connectivity index (χ2v) is 10.2. The van der Waals surface area contributed by atoms with E-state index in [0.29, 0.717) is 24.3 Å². The number of rotatable bonds is 12. The number of carbonyl (C=O) groups excluding carboxylic acids is 2. The minimum atomic E-state index is -4.08. The van der Waals surface area contributed by atoms with Crippen molar-refractivity contribution < 1.29 is 22.7 Å². The van der Waals surface area contributed by atoms with Crippen LogP contribution in [0, 0.1) is 0 Å². The Hall–Kier alpha value is -3.85. The van der Waals surface area contributed by atoms with Crippen LogP contribution in [0.25, 0.3) is 0 Å². The van der Waals surface area contributed by atoms with Gasteiger partial charge in [0, 0.05) is 13.6 Å². The van der Waals surface area contributed by atoms with Crippen LogP contribution >= 0.6 is 0 Å². The molecular weight excluding hydrogens is 490 g/mol. The molecule has 0 spiro atoms. The Bertz CT molecular complexity index is 1270. The smallest absolute Gasteiger partial charge is 0.264 e. The minimum absolute atomic E-state index is 0.0628. The molecule has 9 heteroatoms. The van der Waals surface area contributed by atoms with Crippen molar-refractivity contribution in [2.24, 2.45) is 0 Å². The van der Waals surface area contributed by atoms with Crippen molar-refractivity contribution in [2.75, 3.05) is 31.6 Å². The first kappa shape index (κ1) is 27.7. The number of nitrogens with one attached hydrogen (secondary N) is 1. The fourth-order valence-electron chi connectivity index (χ4n) is 4.06. The highest BCUT2D eigenvalue weighted by atomic mass is 32.2. The van der Waals surface area contributed by atoms with Crippen LogP contribution in [0.15, 0.2) is 89.8 Å². The largest absolute Gasteiger partial charge is 0.497 e. The number of methoxy groups -OCH3 is 1. The number of likely N-dealkylation sites (N-methyl/N-ethyl adjacent to an activating group) is 1. The average molecular weight is 524 g/mol. The Balaban J connectivity index is 1.99. The molecule has 3 rings (SSSR count). The van der Waals surface area contributed by atoms with Crippen LogP contribution < -0.4 is 14.4 Å². The van der Waals surface area contributed by atoms with Crippen molar-refractivity contribution >= 4 is 27.5 Å². The summed E-state index contributed by atoms with van der Waals surface area (Å²) in [7, 11) is -1.04. The van der Waals surface area contributed by atoms with Gasteiger partial charge in [0.05, 0.1) is 17.7 Å². The number of sulfonamides is 1. The Kier molecular flexibility index (Phi) is 9.68. The summed E-state index contributed by atoms with van der Waals surface area (Å²) in [5.74, 6) is -0.213. The Morgan fingerprint density at radius 3 is 2.05 bits per heavy atom. The van der Waals surface area contributed by atoms with Gasteiger partial charge in [0.25, 0.3) is 10.0 Å². The number of hydrogen-bond acceptors (Lipinski definition) is 5. The van der Waals surface area contributed by atoms with Crippen LogP contribution in [0.3, 0.4) is 0 Å². The van der Waals surface area contributed by atoms with Crippen molar-refractivity contribution in [2.45, 2.75) is 30.7 Å². The lowest BCUT2D eigenvalue weighted by molar-refractivity contribution is -0.139. The van der Waals surface area contributed by atoms with Crippen molar-refractivity contribution in [1.82, 2.24) is 10.2 Å². The van der Waals surface area contributed by atoms with Gasteiger partial charge in [-0.05, 0) is 54.8 Å². The molecule has 1 atom stereocenters. The summed E-state index contributed by atoms with van der Waals surface area (Å²) in [5, 5.41) is 2.62. The first-order valence-electron chi connectivity index (χ1n) is 12.1. The summed E-state index contributed by atoms with van der Waals surface area (Å²) < 4.78 is 33.7. The summed E-state index contributed by atoms with van der Waals surface area (Å²) in [5.41, 5.74) is 1.32. The first-order chi connectivity index (χ1) is 17.8. The monoisotopic (exact) mass is 523 g/mol. The fourth-order valence-corrected chi connectivity index (χ4v) is 5.49. The third-order valence-electron chi connectivity index (χ3n) is 6.09. The molecule has 3 aromatic carbocycles. The Labute approximate surface area is 218 Å². The van der Waals surface area contributed by atoms with Gasteiger partial charge in [0.15, 0.2) is 0 Å². The normalized spacial score (nSPS) is 11.9. The maximum atomic E-state index is 13.8. The van der Waals surface area contributed by atoms with Gasteiger partial charge in [-0.3, -0.25) is 13.9 Å². The van der Waals surface area contributed by atoms with E-state index < -0.39 is 28.5 Å². The molecule has 8 nitrogen and oxygen atoms in total. The molecule has 0 aliphatic heterocycles. The molecule has 0 bridgehead atoms. The van der Waals surface area contributed by atoms with Gasteiger partial charge in [0.1, 0.15) is 18.3 Å². The van der Waals surface area contributed by atoms with E-state index in [4.69, 9.17) is 4.74 Å². The lowest BCUT2D eigenvalue weighted by Gasteiger charge is -2.33. The molecule has 37 heavy (non-hydrogen) atoms. The van der Waals surface area contributed by atoms with Gasteiger partial charge in [0.2, 0.25) is 11.8 Å². The lowest BCUT2D eigenvalue weighted by Crippen LogP contribution is -2.52. The average Bonchev–Trinajstić information content (AvgIpc) is 2.94. The number of carbonyl (C=O) groups is 2. The third-order valence-corrected chi connectivity index (χ3v) is 7.88. The highest BCUT2D eigenvalue weighted by Crippen LogP contribution is 2.26. The first-order valence-corrected chi connectivity index (χ1v) is 13.5. The molecule has 3 aromatic rings. The van der Waals surface area contributed by atoms with Gasteiger partial charge in [-0.25, -0.2) is 8.42 Å². The molecule has 196 valence electrons. The lowest BCUT2D eigenvalue weighted by atomic mass is 10.1. The van der Waals surface area contributed by atoms with E-state index in [9.17, 15) is 18.0 Å². The van der Waals surface area contributed by atoms with Gasteiger partial charge >= 0.3 is 0 Å². The van der Waals surface area contributed by atoms with E-state index >= 15 is 0 Å². The number of benzene rings is 3. The quantitative estimate of drug-likeness (QED) is 0.392. The summed E-state index contributed by atoms with van der Waals surface area (Å²) in [6.45, 7) is 1.62. The van der Waals surface area contributed by atoms with Crippen LogP contribution in [-0.2, 0) is 26.0 Å². The Morgan fingerprint density at radius 2 is 1.51 bits per heavy atom. The van der Waals surface area contributed by atoms with E-state index in [0.717, 1.165) is 9.87 Å². The number of nitrogens with zero attached hydrogens (tertiary/aromatic N) is 2. The van der Waals surface area contributed by atoms with Gasteiger partial charge in [-0.15, -0.1) is 0 Å². The second kappa shape index (κ2) is 12.9. The van der Waals surface area contributed by atoms with Crippen molar-refractivity contribution in [3.8, 4) is 5.75 Å². The zero-order valence-corrected chi connectivity index (χ0v) is 22.1. The molecule has 0 aromatic heterocycles. The highest BCUT2D eigenvalue weighted by Gasteiger charge is 2.33. The van der Waals surface area contributed by atoms with Crippen LogP contribution in [0.5, 0.6) is 5.75 Å². The van der Waals surface area contributed by atoms with Gasteiger partial charge in [-0.1, -0.05) is 55.5 Å². The topological polar surface area (TPSA) is 96.0 Å². The molecule has 1 N–H and O–H groups in total. The fraction of sp³-hybridized carbons (Fsp3) is 0.286. The molecule has 0 aliphatic rings. The number of amides is 2. The van der Waals surface area contributed by atoms with Crippen molar-refractivity contribution in [3.05, 3.63) is 90.5 Å². The van der Waals surface area contributed by atoms with E-state index in [1.165, 1.54) is 31.2 Å².